The number of ether oxygens (including phenoxy) is 1. The first-order chi connectivity index (χ1) is 19.9. The fourth-order valence-corrected chi connectivity index (χ4v) is 6.54. The minimum Gasteiger partial charge on any atom is -0.462 e. The van der Waals surface area contributed by atoms with Crippen LogP contribution in [0.2, 0.25) is 5.02 Å². The molecule has 3 aliphatic heterocycles. The molecule has 0 amide bonds. The third-order valence-electron chi connectivity index (χ3n) is 8.61. The van der Waals surface area contributed by atoms with Gasteiger partial charge in [-0.2, -0.15) is 15.2 Å². The van der Waals surface area contributed by atoms with Crippen LogP contribution in [0.3, 0.4) is 0 Å². The molecule has 0 saturated carbocycles. The molecule has 3 atom stereocenters. The number of halogens is 1. The van der Waals surface area contributed by atoms with E-state index in [-0.39, 0.29) is 6.04 Å². The zero-order valence-corrected chi connectivity index (χ0v) is 24.1. The maximum Gasteiger partial charge on any atom is 0.318 e. The number of nitrogens with zero attached hydrogens (tertiary/aromatic N) is 8. The Morgan fingerprint density at radius 1 is 1.27 bits per heavy atom. The van der Waals surface area contributed by atoms with Crippen molar-refractivity contribution in [1.82, 2.24) is 34.6 Å². The molecule has 0 bridgehead atoms. The number of aromatic nitrogens is 4. The van der Waals surface area contributed by atoms with E-state index in [1.54, 1.807) is 6.33 Å². The average molecular weight is 578 g/mol. The average Bonchev–Trinajstić information content (AvgIpc) is 3.72. The van der Waals surface area contributed by atoms with Crippen LogP contribution in [0.25, 0.3) is 11.0 Å². The number of aliphatic hydroxyl groups excluding tert-OH is 1. The standard InChI is InChI=1S/C29H36ClN9O2/c1-3-26(40)39-12-11-38(13-19(39)8-9-31)28-22-15-37(14-21-23(30)6-7-24-27(21)33-18-32-24)16-25(22)34-29(35-28)41-17-20-5-4-10-36(20)2/h3,6-7,18-20,26,40H,1,4-5,8,10-17H2,2H3,(H,32,33)/t19-,20-,26?/m0/s1. The van der Waals surface area contributed by atoms with Gasteiger partial charge in [-0.15, -0.1) is 0 Å². The summed E-state index contributed by atoms with van der Waals surface area (Å²) in [6.45, 7) is 9.08. The number of benzene rings is 1. The predicted molar refractivity (Wildman–Crippen MR) is 156 cm³/mol. The Kier molecular flexibility index (Phi) is 8.10. The van der Waals surface area contributed by atoms with Gasteiger partial charge in [0.15, 0.2) is 0 Å². The molecule has 6 rings (SSSR count). The van der Waals surface area contributed by atoms with E-state index in [1.165, 1.54) is 12.5 Å². The van der Waals surface area contributed by atoms with Gasteiger partial charge >= 0.3 is 6.01 Å². The van der Waals surface area contributed by atoms with Gasteiger partial charge in [0.25, 0.3) is 0 Å². The molecule has 2 saturated heterocycles. The van der Waals surface area contributed by atoms with Gasteiger partial charge in [-0.25, -0.2) is 4.98 Å². The van der Waals surface area contributed by atoms with Crippen LogP contribution in [0, 0.1) is 11.3 Å². The van der Waals surface area contributed by atoms with Crippen LogP contribution in [-0.4, -0.2) is 97.9 Å². The highest BCUT2D eigenvalue weighted by Gasteiger charge is 2.35. The maximum atomic E-state index is 10.5. The van der Waals surface area contributed by atoms with Crippen molar-refractivity contribution >= 4 is 28.5 Å². The van der Waals surface area contributed by atoms with Crippen LogP contribution in [-0.2, 0) is 19.6 Å². The normalized spacial score (nSPS) is 22.6. The van der Waals surface area contributed by atoms with Crippen LogP contribution in [0.1, 0.15) is 36.1 Å². The predicted octanol–water partition coefficient (Wildman–Crippen LogP) is 2.90. The number of rotatable bonds is 9. The molecule has 2 fully saturated rings. The topological polar surface area (TPSA) is 121 Å². The smallest absolute Gasteiger partial charge is 0.318 e. The van der Waals surface area contributed by atoms with E-state index in [0.29, 0.717) is 69.4 Å². The molecule has 3 aromatic rings. The number of nitrogens with one attached hydrogen (secondary N) is 1. The number of fused-ring (bicyclic) bond motifs is 2. The number of nitriles is 1. The first kappa shape index (κ1) is 27.9. The summed E-state index contributed by atoms with van der Waals surface area (Å²) in [6.07, 6.45) is 4.98. The second kappa shape index (κ2) is 11.9. The Labute approximate surface area is 245 Å². The van der Waals surface area contributed by atoms with Crippen molar-refractivity contribution in [3.63, 3.8) is 0 Å². The van der Waals surface area contributed by atoms with Crippen molar-refractivity contribution in [2.24, 2.45) is 0 Å². The molecule has 41 heavy (non-hydrogen) atoms. The number of likely N-dealkylation sites (tertiary alicyclic amines) is 1. The number of H-pyrrole nitrogens is 1. The van der Waals surface area contributed by atoms with Crippen LogP contribution in [0.5, 0.6) is 6.01 Å². The molecule has 0 radical (unpaired) electrons. The number of imidazole rings is 1. The van der Waals surface area contributed by atoms with E-state index >= 15 is 0 Å². The Balaban J connectivity index is 1.28. The van der Waals surface area contributed by atoms with E-state index in [9.17, 15) is 10.4 Å². The Morgan fingerprint density at radius 3 is 2.93 bits per heavy atom. The van der Waals surface area contributed by atoms with E-state index in [0.717, 1.165) is 46.6 Å². The molecule has 1 aromatic carbocycles. The van der Waals surface area contributed by atoms with Gasteiger partial charge in [-0.3, -0.25) is 9.80 Å². The Hall–Kier alpha value is -3.27. The molecule has 3 aliphatic rings. The molecule has 5 heterocycles. The fraction of sp³-hybridized carbons (Fsp3) is 0.517. The first-order valence-corrected chi connectivity index (χ1v) is 14.6. The monoisotopic (exact) mass is 577 g/mol. The van der Waals surface area contributed by atoms with E-state index in [2.05, 4.69) is 44.4 Å². The van der Waals surface area contributed by atoms with Crippen molar-refractivity contribution in [3.8, 4) is 12.1 Å². The highest BCUT2D eigenvalue weighted by Crippen LogP contribution is 2.35. The number of aliphatic hydroxyl groups is 1. The lowest BCUT2D eigenvalue weighted by atomic mass is 10.1. The molecular weight excluding hydrogens is 542 g/mol. The van der Waals surface area contributed by atoms with Crippen molar-refractivity contribution in [1.29, 1.82) is 5.26 Å². The SMILES string of the molecule is C=CC(O)N1CCN(c2nc(OC[C@@H]3CCCN3C)nc3c2CN(Cc2c(Cl)ccc4[nH]cnc24)C3)C[C@@H]1CC#N. The zero-order valence-electron chi connectivity index (χ0n) is 23.3. The number of aromatic amines is 1. The summed E-state index contributed by atoms with van der Waals surface area (Å²) in [7, 11) is 2.13. The van der Waals surface area contributed by atoms with Crippen LogP contribution >= 0.6 is 11.6 Å². The number of piperazine rings is 1. The van der Waals surface area contributed by atoms with Gasteiger partial charge in [0, 0.05) is 67.5 Å². The van der Waals surface area contributed by atoms with Crippen molar-refractivity contribution in [3.05, 3.63) is 53.0 Å². The minimum absolute atomic E-state index is 0.155. The van der Waals surface area contributed by atoms with E-state index in [4.69, 9.17) is 26.3 Å². The second-order valence-corrected chi connectivity index (χ2v) is 11.6. The zero-order chi connectivity index (χ0) is 28.5. The molecule has 2 N–H and O–H groups in total. The van der Waals surface area contributed by atoms with Gasteiger partial charge < -0.3 is 24.6 Å². The molecule has 0 spiro atoms. The summed E-state index contributed by atoms with van der Waals surface area (Å²) in [4.78, 5) is 26.3. The minimum atomic E-state index is -0.793. The first-order valence-electron chi connectivity index (χ1n) is 14.2. The second-order valence-electron chi connectivity index (χ2n) is 11.2. The molecule has 12 heteroatoms. The van der Waals surface area contributed by atoms with Gasteiger partial charge in [0.1, 0.15) is 18.7 Å². The van der Waals surface area contributed by atoms with Crippen LogP contribution in [0.15, 0.2) is 31.1 Å². The highest BCUT2D eigenvalue weighted by atomic mass is 35.5. The quantitative estimate of drug-likeness (QED) is 0.367. The van der Waals surface area contributed by atoms with Crippen molar-refractivity contribution in [2.75, 3.05) is 44.7 Å². The van der Waals surface area contributed by atoms with E-state index < -0.39 is 6.23 Å². The van der Waals surface area contributed by atoms with Crippen LogP contribution < -0.4 is 9.64 Å². The summed E-state index contributed by atoms with van der Waals surface area (Å²) in [5, 5.41) is 20.7. The number of likely N-dealkylation sites (N-methyl/N-ethyl adjacent to an activating group) is 1. The molecular formula is C29H36ClN9O2. The van der Waals surface area contributed by atoms with Crippen molar-refractivity contribution in [2.45, 2.75) is 57.2 Å². The fourth-order valence-electron chi connectivity index (χ4n) is 6.33. The van der Waals surface area contributed by atoms with Crippen LogP contribution in [0.4, 0.5) is 5.82 Å². The maximum absolute atomic E-state index is 10.5. The third-order valence-corrected chi connectivity index (χ3v) is 8.96. The lowest BCUT2D eigenvalue weighted by Gasteiger charge is -2.43. The lowest BCUT2D eigenvalue weighted by Crippen LogP contribution is -2.56. The summed E-state index contributed by atoms with van der Waals surface area (Å²) < 4.78 is 6.23. The van der Waals surface area contributed by atoms with Gasteiger partial charge in [0.05, 0.1) is 35.5 Å². The van der Waals surface area contributed by atoms with Gasteiger partial charge in [-0.1, -0.05) is 18.2 Å². The largest absolute Gasteiger partial charge is 0.462 e. The molecule has 11 nitrogen and oxygen atoms in total. The summed E-state index contributed by atoms with van der Waals surface area (Å²) in [5.74, 6) is 0.840. The molecule has 216 valence electrons. The lowest BCUT2D eigenvalue weighted by molar-refractivity contribution is 0.00431. The molecule has 2 aromatic heterocycles. The summed E-state index contributed by atoms with van der Waals surface area (Å²) in [6, 6.07) is 6.73. The third kappa shape index (κ3) is 5.63. The molecule has 0 aliphatic carbocycles. The number of hydrogen-bond donors (Lipinski definition) is 2. The van der Waals surface area contributed by atoms with Crippen molar-refractivity contribution < 1.29 is 9.84 Å². The van der Waals surface area contributed by atoms with E-state index in [1.807, 2.05) is 17.0 Å². The number of anilines is 1. The highest BCUT2D eigenvalue weighted by molar-refractivity contribution is 6.32. The van der Waals surface area contributed by atoms with Gasteiger partial charge in [0.2, 0.25) is 0 Å². The summed E-state index contributed by atoms with van der Waals surface area (Å²) >= 11 is 6.64. The molecule has 1 unspecified atom stereocenters. The summed E-state index contributed by atoms with van der Waals surface area (Å²) in [5.41, 5.74) is 4.82. The van der Waals surface area contributed by atoms with Gasteiger partial charge in [-0.05, 0) is 44.6 Å². The Bertz CT molecular complexity index is 1460. The Morgan fingerprint density at radius 2 is 2.15 bits per heavy atom. The number of hydrogen-bond acceptors (Lipinski definition) is 10.